The quantitative estimate of drug-likeness (QED) is 0.836. The number of hydrogen-bond donors (Lipinski definition) is 1. The maximum absolute atomic E-state index is 12.7. The maximum Gasteiger partial charge on any atom is 0.317 e. The number of piperazine rings is 1. The first-order valence-electron chi connectivity index (χ1n) is 9.09. The van der Waals surface area contributed by atoms with Crippen LogP contribution in [0.4, 0.5) is 4.79 Å². The highest BCUT2D eigenvalue weighted by atomic mass is 16.2. The topological polar surface area (TPSA) is 70.5 Å². The summed E-state index contributed by atoms with van der Waals surface area (Å²) in [7, 11) is 0. The van der Waals surface area contributed by atoms with E-state index in [1.165, 1.54) is 0 Å². The fourth-order valence-corrected chi connectivity index (χ4v) is 2.97. The fourth-order valence-electron chi connectivity index (χ4n) is 2.97. The predicted molar refractivity (Wildman–Crippen MR) is 99.3 cm³/mol. The summed E-state index contributed by atoms with van der Waals surface area (Å²) in [4.78, 5) is 32.4. The van der Waals surface area contributed by atoms with E-state index in [4.69, 9.17) is 0 Å². The van der Waals surface area contributed by atoms with Gasteiger partial charge in [-0.05, 0) is 30.7 Å². The monoisotopic (exact) mass is 355 g/mol. The summed E-state index contributed by atoms with van der Waals surface area (Å²) in [5, 5.41) is 2.92. The van der Waals surface area contributed by atoms with Gasteiger partial charge in [0.05, 0.1) is 6.33 Å². The van der Waals surface area contributed by atoms with Crippen LogP contribution in [0.1, 0.15) is 30.1 Å². The van der Waals surface area contributed by atoms with Crippen molar-refractivity contribution in [1.82, 2.24) is 24.7 Å². The maximum atomic E-state index is 12.7. The minimum atomic E-state index is -0.0322. The van der Waals surface area contributed by atoms with Crippen LogP contribution in [0.15, 0.2) is 43.0 Å². The summed E-state index contributed by atoms with van der Waals surface area (Å²) in [5.74, 6) is 0.00761. The van der Waals surface area contributed by atoms with Crippen molar-refractivity contribution < 1.29 is 9.59 Å². The Kier molecular flexibility index (Phi) is 5.88. The van der Waals surface area contributed by atoms with Crippen molar-refractivity contribution >= 4 is 11.9 Å². The SMILES string of the molecule is CCCCNC(=O)N1CCN(C(=O)c2ccc(-n3ccnc3)cc2)CC1. The number of amides is 3. The van der Waals surface area contributed by atoms with Gasteiger partial charge < -0.3 is 19.7 Å². The van der Waals surface area contributed by atoms with Crippen molar-refractivity contribution in [2.45, 2.75) is 19.8 Å². The van der Waals surface area contributed by atoms with Gasteiger partial charge >= 0.3 is 6.03 Å². The Labute approximate surface area is 153 Å². The molecule has 1 aliphatic rings. The van der Waals surface area contributed by atoms with Gasteiger partial charge in [-0.25, -0.2) is 9.78 Å². The normalized spacial score (nSPS) is 14.3. The van der Waals surface area contributed by atoms with Crippen LogP contribution in [0.3, 0.4) is 0 Å². The molecular formula is C19H25N5O2. The van der Waals surface area contributed by atoms with E-state index in [0.29, 0.717) is 38.3 Å². The summed E-state index contributed by atoms with van der Waals surface area (Å²) in [6, 6.07) is 7.46. The minimum absolute atomic E-state index is 0.00761. The van der Waals surface area contributed by atoms with Crippen molar-refractivity contribution in [1.29, 1.82) is 0 Å². The van der Waals surface area contributed by atoms with Gasteiger partial charge in [0.2, 0.25) is 0 Å². The molecule has 3 amide bonds. The van der Waals surface area contributed by atoms with Gasteiger partial charge in [0, 0.05) is 56.4 Å². The van der Waals surface area contributed by atoms with Crippen molar-refractivity contribution in [3.63, 3.8) is 0 Å². The lowest BCUT2D eigenvalue weighted by Gasteiger charge is -2.34. The second-order valence-corrected chi connectivity index (χ2v) is 6.38. The summed E-state index contributed by atoms with van der Waals surface area (Å²) in [6.07, 6.45) is 7.35. The Morgan fingerprint density at radius 3 is 2.38 bits per heavy atom. The molecule has 0 saturated carbocycles. The van der Waals surface area contributed by atoms with Crippen molar-refractivity contribution in [2.24, 2.45) is 0 Å². The zero-order valence-corrected chi connectivity index (χ0v) is 15.1. The van der Waals surface area contributed by atoms with E-state index < -0.39 is 0 Å². The van der Waals surface area contributed by atoms with Crippen LogP contribution in [0.2, 0.25) is 0 Å². The molecule has 1 N–H and O–H groups in total. The second kappa shape index (κ2) is 8.51. The highest BCUT2D eigenvalue weighted by Gasteiger charge is 2.24. The lowest BCUT2D eigenvalue weighted by atomic mass is 10.1. The number of rotatable bonds is 5. The molecule has 7 heteroatoms. The molecule has 0 atom stereocenters. The molecule has 1 fully saturated rings. The Morgan fingerprint density at radius 1 is 1.08 bits per heavy atom. The number of unbranched alkanes of at least 4 members (excludes halogenated alkanes) is 1. The van der Waals surface area contributed by atoms with Crippen molar-refractivity contribution in [3.05, 3.63) is 48.5 Å². The standard InChI is InChI=1S/C19H25N5O2/c1-2-3-8-21-19(26)23-13-11-22(12-14-23)18(25)16-4-6-17(7-5-16)24-10-9-20-15-24/h4-7,9-10,15H,2-3,8,11-14H2,1H3,(H,21,26). The van der Waals surface area contributed by atoms with Crippen molar-refractivity contribution in [2.75, 3.05) is 32.7 Å². The predicted octanol–water partition coefficient (Wildman–Crippen LogP) is 2.14. The minimum Gasteiger partial charge on any atom is -0.338 e. The molecule has 0 spiro atoms. The van der Waals surface area contributed by atoms with Crippen LogP contribution in [0, 0.1) is 0 Å². The number of carbonyl (C=O) groups excluding carboxylic acids is 2. The third kappa shape index (κ3) is 4.22. The lowest BCUT2D eigenvalue weighted by Crippen LogP contribution is -2.53. The van der Waals surface area contributed by atoms with Gasteiger partial charge in [0.25, 0.3) is 5.91 Å². The molecule has 0 aliphatic carbocycles. The van der Waals surface area contributed by atoms with E-state index in [9.17, 15) is 9.59 Å². The number of benzene rings is 1. The first-order valence-corrected chi connectivity index (χ1v) is 9.09. The zero-order valence-electron chi connectivity index (χ0n) is 15.1. The summed E-state index contributed by atoms with van der Waals surface area (Å²) < 4.78 is 1.89. The molecule has 1 saturated heterocycles. The largest absolute Gasteiger partial charge is 0.338 e. The van der Waals surface area contributed by atoms with E-state index in [-0.39, 0.29) is 11.9 Å². The van der Waals surface area contributed by atoms with Gasteiger partial charge in [0.1, 0.15) is 0 Å². The number of imidazole rings is 1. The zero-order chi connectivity index (χ0) is 18.4. The molecule has 1 aromatic carbocycles. The van der Waals surface area contributed by atoms with Gasteiger partial charge in [0.15, 0.2) is 0 Å². The van der Waals surface area contributed by atoms with Crippen LogP contribution in [-0.2, 0) is 0 Å². The third-order valence-electron chi connectivity index (χ3n) is 4.58. The van der Waals surface area contributed by atoms with Gasteiger partial charge in [-0.15, -0.1) is 0 Å². The average molecular weight is 355 g/mol. The van der Waals surface area contributed by atoms with E-state index in [1.807, 2.05) is 39.9 Å². The Morgan fingerprint density at radius 2 is 1.77 bits per heavy atom. The molecular weight excluding hydrogens is 330 g/mol. The van der Waals surface area contributed by atoms with Crippen LogP contribution in [0.25, 0.3) is 5.69 Å². The van der Waals surface area contributed by atoms with Crippen molar-refractivity contribution in [3.8, 4) is 5.69 Å². The molecule has 2 aromatic rings. The number of hydrogen-bond acceptors (Lipinski definition) is 3. The molecule has 26 heavy (non-hydrogen) atoms. The summed E-state index contributed by atoms with van der Waals surface area (Å²) in [6.45, 7) is 5.05. The van der Waals surface area contributed by atoms with Crippen LogP contribution in [-0.4, -0.2) is 64.0 Å². The van der Waals surface area contributed by atoms with E-state index in [2.05, 4.69) is 17.2 Å². The number of nitrogens with one attached hydrogen (secondary N) is 1. The second-order valence-electron chi connectivity index (χ2n) is 6.38. The van der Waals surface area contributed by atoms with Gasteiger partial charge in [-0.2, -0.15) is 0 Å². The molecule has 1 aromatic heterocycles. The lowest BCUT2D eigenvalue weighted by molar-refractivity contribution is 0.0665. The van der Waals surface area contributed by atoms with Crippen LogP contribution in [0.5, 0.6) is 0 Å². The Balaban J connectivity index is 1.53. The first kappa shape index (κ1) is 18.0. The molecule has 2 heterocycles. The molecule has 0 radical (unpaired) electrons. The summed E-state index contributed by atoms with van der Waals surface area (Å²) >= 11 is 0. The molecule has 138 valence electrons. The molecule has 0 unspecified atom stereocenters. The van der Waals surface area contributed by atoms with Crippen LogP contribution >= 0.6 is 0 Å². The van der Waals surface area contributed by atoms with E-state index in [0.717, 1.165) is 18.5 Å². The molecule has 0 bridgehead atoms. The number of carbonyl (C=O) groups is 2. The van der Waals surface area contributed by atoms with Gasteiger partial charge in [-0.3, -0.25) is 4.79 Å². The molecule has 3 rings (SSSR count). The highest BCUT2D eigenvalue weighted by molar-refractivity contribution is 5.94. The molecule has 7 nitrogen and oxygen atoms in total. The fraction of sp³-hybridized carbons (Fsp3) is 0.421. The first-order chi connectivity index (χ1) is 12.7. The molecule has 1 aliphatic heterocycles. The average Bonchev–Trinajstić information content (AvgIpc) is 3.23. The smallest absolute Gasteiger partial charge is 0.317 e. The Bertz CT molecular complexity index is 719. The number of nitrogens with zero attached hydrogens (tertiary/aromatic N) is 4. The van der Waals surface area contributed by atoms with Crippen LogP contribution < -0.4 is 5.32 Å². The van der Waals surface area contributed by atoms with E-state index in [1.54, 1.807) is 17.4 Å². The summed E-state index contributed by atoms with van der Waals surface area (Å²) in [5.41, 5.74) is 1.63. The van der Waals surface area contributed by atoms with Gasteiger partial charge in [-0.1, -0.05) is 13.3 Å². The highest BCUT2D eigenvalue weighted by Crippen LogP contribution is 2.13. The number of urea groups is 1. The number of aromatic nitrogens is 2. The third-order valence-corrected chi connectivity index (χ3v) is 4.58. The Hall–Kier alpha value is -2.83. The van der Waals surface area contributed by atoms with E-state index >= 15 is 0 Å².